The van der Waals surface area contributed by atoms with Gasteiger partial charge in [0.2, 0.25) is 5.91 Å². The van der Waals surface area contributed by atoms with Gasteiger partial charge in [-0.1, -0.05) is 30.1 Å². The molecular weight excluding hydrogens is 307 g/mol. The van der Waals surface area contributed by atoms with Gasteiger partial charge in [-0.15, -0.1) is 0 Å². The molecule has 1 heterocycles. The van der Waals surface area contributed by atoms with E-state index in [4.69, 9.17) is 35.4 Å². The molecule has 0 fully saturated rings. The van der Waals surface area contributed by atoms with Gasteiger partial charge in [-0.25, -0.2) is 4.57 Å². The molecule has 1 aromatic heterocycles. The Hall–Kier alpha value is -1.17. The second-order valence-electron chi connectivity index (χ2n) is 4.02. The summed E-state index contributed by atoms with van der Waals surface area (Å²) in [6, 6.07) is 2.97. The van der Waals surface area contributed by atoms with E-state index in [0.29, 0.717) is 22.0 Å². The zero-order valence-electron chi connectivity index (χ0n) is 10.00. The highest BCUT2D eigenvalue weighted by Crippen LogP contribution is 2.24. The van der Waals surface area contributed by atoms with E-state index >= 15 is 0 Å². The van der Waals surface area contributed by atoms with Gasteiger partial charge in [-0.2, -0.15) is 0 Å². The first-order valence-corrected chi connectivity index (χ1v) is 6.79. The van der Waals surface area contributed by atoms with E-state index in [2.05, 4.69) is 4.98 Å². The molecule has 0 saturated carbocycles. The number of fused-ring (bicyclic) bond motifs is 1. The highest BCUT2D eigenvalue weighted by Gasteiger charge is 2.14. The summed E-state index contributed by atoms with van der Waals surface area (Å²) in [6.45, 7) is 1.85. The number of nitrogens with zero attached hydrogens (tertiary/aromatic N) is 1. The quantitative estimate of drug-likeness (QED) is 0.857. The molecule has 0 unspecified atom stereocenters. The number of H-pyrrole nitrogens is 1. The Morgan fingerprint density at radius 2 is 2.11 bits per heavy atom. The van der Waals surface area contributed by atoms with Crippen molar-refractivity contribution in [2.75, 3.05) is 0 Å². The Labute approximate surface area is 124 Å². The molecule has 0 saturated heterocycles. The molecule has 0 aliphatic rings. The van der Waals surface area contributed by atoms with Crippen LogP contribution in [0.1, 0.15) is 24.6 Å². The summed E-state index contributed by atoms with van der Waals surface area (Å²) in [7, 11) is 0. The number of aromatic amines is 1. The van der Waals surface area contributed by atoms with Gasteiger partial charge in [-0.05, 0) is 30.8 Å². The fourth-order valence-corrected chi connectivity index (χ4v) is 2.62. The number of benzene rings is 1. The van der Waals surface area contributed by atoms with E-state index in [-0.39, 0.29) is 22.5 Å². The molecule has 19 heavy (non-hydrogen) atoms. The van der Waals surface area contributed by atoms with Crippen LogP contribution in [0, 0.1) is 4.77 Å². The molecule has 1 N–H and O–H groups in total. The van der Waals surface area contributed by atoms with Crippen LogP contribution in [0.3, 0.4) is 0 Å². The van der Waals surface area contributed by atoms with Gasteiger partial charge >= 0.3 is 0 Å². The second kappa shape index (κ2) is 5.45. The minimum atomic E-state index is -0.499. The topological polar surface area (TPSA) is 54.9 Å². The largest absolute Gasteiger partial charge is 0.330 e. The molecule has 0 radical (unpaired) electrons. The van der Waals surface area contributed by atoms with Gasteiger partial charge in [0, 0.05) is 11.4 Å². The van der Waals surface area contributed by atoms with Gasteiger partial charge in [0.05, 0.1) is 15.9 Å². The van der Waals surface area contributed by atoms with Crippen molar-refractivity contribution in [2.24, 2.45) is 0 Å². The fraction of sp³-hybridized carbons (Fsp3) is 0.250. The van der Waals surface area contributed by atoms with E-state index in [1.54, 1.807) is 0 Å². The molecule has 2 rings (SSSR count). The first-order chi connectivity index (χ1) is 8.95. The Balaban J connectivity index is 2.86. The maximum Gasteiger partial charge on any atom is 0.269 e. The summed E-state index contributed by atoms with van der Waals surface area (Å²) in [4.78, 5) is 27.0. The minimum Gasteiger partial charge on any atom is -0.330 e. The van der Waals surface area contributed by atoms with E-state index in [1.807, 2.05) is 6.92 Å². The zero-order valence-corrected chi connectivity index (χ0v) is 12.3. The van der Waals surface area contributed by atoms with Crippen LogP contribution in [0.4, 0.5) is 0 Å². The molecule has 0 amide bonds. The lowest BCUT2D eigenvalue weighted by atomic mass is 10.2. The number of aromatic nitrogens is 2. The summed E-state index contributed by atoms with van der Waals surface area (Å²) in [5, 5.41) is 0.867. The molecule has 0 spiro atoms. The molecule has 1 aromatic carbocycles. The van der Waals surface area contributed by atoms with Crippen molar-refractivity contribution in [3.05, 3.63) is 37.3 Å². The SMILES string of the molecule is CCCC(=O)n1c(=S)[nH]c2c(Cl)cc(Cl)cc2c1=O. The maximum absolute atomic E-state index is 12.3. The highest BCUT2D eigenvalue weighted by atomic mass is 35.5. The Morgan fingerprint density at radius 1 is 1.42 bits per heavy atom. The summed E-state index contributed by atoms with van der Waals surface area (Å²) in [5.74, 6) is -0.341. The first-order valence-electron chi connectivity index (χ1n) is 5.63. The van der Waals surface area contributed by atoms with Crippen LogP contribution < -0.4 is 5.56 Å². The van der Waals surface area contributed by atoms with E-state index in [9.17, 15) is 9.59 Å². The van der Waals surface area contributed by atoms with Gasteiger partial charge < -0.3 is 4.98 Å². The second-order valence-corrected chi connectivity index (χ2v) is 5.25. The van der Waals surface area contributed by atoms with Crippen LogP contribution in [0.5, 0.6) is 0 Å². The smallest absolute Gasteiger partial charge is 0.269 e. The van der Waals surface area contributed by atoms with Gasteiger partial charge in [0.25, 0.3) is 5.56 Å². The third kappa shape index (κ3) is 2.59. The van der Waals surface area contributed by atoms with Crippen LogP contribution in [0.15, 0.2) is 16.9 Å². The zero-order chi connectivity index (χ0) is 14.2. The van der Waals surface area contributed by atoms with Crippen molar-refractivity contribution in [1.29, 1.82) is 0 Å². The Morgan fingerprint density at radius 3 is 2.74 bits per heavy atom. The molecular formula is C12H10Cl2N2O2S. The fourth-order valence-electron chi connectivity index (χ4n) is 1.80. The number of hydrogen-bond acceptors (Lipinski definition) is 3. The molecule has 0 atom stereocenters. The molecule has 4 nitrogen and oxygen atoms in total. The van der Waals surface area contributed by atoms with Crippen LogP contribution in [0.2, 0.25) is 10.0 Å². The standard InChI is InChI=1S/C12H10Cl2N2O2S/c1-2-3-9(17)16-11(18)7-4-6(13)5-8(14)10(7)15-12(16)19/h4-5H,2-3H2,1H3,(H,15,19). The normalized spacial score (nSPS) is 10.9. The van der Waals surface area contributed by atoms with Crippen LogP contribution in [0.25, 0.3) is 10.9 Å². The van der Waals surface area contributed by atoms with Crippen LogP contribution >= 0.6 is 35.4 Å². The lowest BCUT2D eigenvalue weighted by Gasteiger charge is -2.07. The number of carbonyl (C=O) groups is 1. The van der Waals surface area contributed by atoms with Crippen LogP contribution in [-0.2, 0) is 0 Å². The Bertz CT molecular complexity index is 780. The third-order valence-electron chi connectivity index (χ3n) is 2.64. The summed E-state index contributed by atoms with van der Waals surface area (Å²) >= 11 is 16.9. The van der Waals surface area contributed by atoms with E-state index in [1.165, 1.54) is 12.1 Å². The van der Waals surface area contributed by atoms with Crippen molar-refractivity contribution in [1.82, 2.24) is 9.55 Å². The first kappa shape index (κ1) is 14.2. The van der Waals surface area contributed by atoms with Crippen LogP contribution in [-0.4, -0.2) is 15.5 Å². The lowest BCUT2D eigenvalue weighted by molar-refractivity contribution is 0.0895. The van der Waals surface area contributed by atoms with Gasteiger partial charge in [-0.3, -0.25) is 9.59 Å². The van der Waals surface area contributed by atoms with E-state index < -0.39 is 5.56 Å². The van der Waals surface area contributed by atoms with Gasteiger partial charge in [0.1, 0.15) is 0 Å². The predicted octanol–water partition coefficient (Wildman–Crippen LogP) is 3.81. The van der Waals surface area contributed by atoms with Crippen molar-refractivity contribution in [3.63, 3.8) is 0 Å². The summed E-state index contributed by atoms with van der Waals surface area (Å²) in [6.07, 6.45) is 0.881. The molecule has 2 aromatic rings. The Kier molecular flexibility index (Phi) is 4.08. The van der Waals surface area contributed by atoms with Crippen molar-refractivity contribution < 1.29 is 4.79 Å². The van der Waals surface area contributed by atoms with Gasteiger partial charge in [0.15, 0.2) is 4.77 Å². The van der Waals surface area contributed by atoms with Crippen molar-refractivity contribution >= 4 is 52.2 Å². The third-order valence-corrected chi connectivity index (χ3v) is 3.44. The molecule has 7 heteroatoms. The lowest BCUT2D eigenvalue weighted by Crippen LogP contribution is -2.28. The monoisotopic (exact) mass is 316 g/mol. The number of hydrogen-bond donors (Lipinski definition) is 1. The van der Waals surface area contributed by atoms with E-state index in [0.717, 1.165) is 4.57 Å². The molecule has 0 bridgehead atoms. The van der Waals surface area contributed by atoms with Crippen molar-refractivity contribution in [2.45, 2.75) is 19.8 Å². The minimum absolute atomic E-state index is 0.0418. The number of halogens is 2. The molecule has 0 aliphatic carbocycles. The number of rotatable bonds is 2. The summed E-state index contributed by atoms with van der Waals surface area (Å²) < 4.78 is 0.994. The molecule has 100 valence electrons. The highest BCUT2D eigenvalue weighted by molar-refractivity contribution is 7.71. The predicted molar refractivity (Wildman–Crippen MR) is 78.9 cm³/mol. The van der Waals surface area contributed by atoms with Crippen molar-refractivity contribution in [3.8, 4) is 0 Å². The average Bonchev–Trinajstić information content (AvgIpc) is 2.31. The number of carbonyl (C=O) groups excluding carboxylic acids is 1. The average molecular weight is 317 g/mol. The summed E-state index contributed by atoms with van der Waals surface area (Å²) in [5.41, 5.74) is -0.108. The maximum atomic E-state index is 12.3. The molecule has 0 aliphatic heterocycles. The number of nitrogens with one attached hydrogen (secondary N) is 1.